The second kappa shape index (κ2) is 9.39. The zero-order valence-electron chi connectivity index (χ0n) is 16.0. The SMILES string of the molecule is CCNC(=NCCc1ccc(F)cc1F)N1CCN(c2ccccc2O)CC1. The van der Waals surface area contributed by atoms with Gasteiger partial charge in [0.1, 0.15) is 17.4 Å². The number of piperazine rings is 1. The van der Waals surface area contributed by atoms with Crippen LogP contribution in [0.3, 0.4) is 0 Å². The van der Waals surface area contributed by atoms with E-state index in [-0.39, 0.29) is 5.75 Å². The number of halogens is 2. The summed E-state index contributed by atoms with van der Waals surface area (Å²) in [5, 5.41) is 13.3. The summed E-state index contributed by atoms with van der Waals surface area (Å²) in [6.45, 7) is 6.25. The van der Waals surface area contributed by atoms with Gasteiger partial charge >= 0.3 is 0 Å². The molecule has 5 nitrogen and oxygen atoms in total. The molecule has 0 radical (unpaired) electrons. The van der Waals surface area contributed by atoms with Crippen molar-refractivity contribution in [3.05, 3.63) is 59.7 Å². The number of nitrogens with zero attached hydrogens (tertiary/aromatic N) is 3. The van der Waals surface area contributed by atoms with Crippen LogP contribution in [0.4, 0.5) is 14.5 Å². The number of phenols is 1. The number of hydrogen-bond donors (Lipinski definition) is 2. The molecule has 1 aliphatic heterocycles. The van der Waals surface area contributed by atoms with E-state index in [0.717, 1.165) is 50.4 Å². The van der Waals surface area contributed by atoms with E-state index in [2.05, 4.69) is 20.1 Å². The molecule has 0 aliphatic carbocycles. The van der Waals surface area contributed by atoms with E-state index >= 15 is 0 Å². The molecule has 3 rings (SSSR count). The Labute approximate surface area is 164 Å². The van der Waals surface area contributed by atoms with Gasteiger partial charge < -0.3 is 20.2 Å². The molecule has 1 fully saturated rings. The lowest BCUT2D eigenvalue weighted by Crippen LogP contribution is -2.52. The van der Waals surface area contributed by atoms with Crippen LogP contribution in [0.5, 0.6) is 5.75 Å². The van der Waals surface area contributed by atoms with Crippen molar-refractivity contribution in [2.24, 2.45) is 4.99 Å². The van der Waals surface area contributed by atoms with Gasteiger partial charge in [-0.3, -0.25) is 4.99 Å². The third-order valence-electron chi connectivity index (χ3n) is 4.79. The van der Waals surface area contributed by atoms with Gasteiger partial charge in [-0.05, 0) is 37.1 Å². The van der Waals surface area contributed by atoms with E-state index < -0.39 is 11.6 Å². The van der Waals surface area contributed by atoms with E-state index in [4.69, 9.17) is 0 Å². The summed E-state index contributed by atoms with van der Waals surface area (Å²) in [7, 11) is 0. The van der Waals surface area contributed by atoms with Gasteiger partial charge in [-0.2, -0.15) is 0 Å². The first-order valence-electron chi connectivity index (χ1n) is 9.58. The first kappa shape index (κ1) is 19.9. The molecule has 2 aromatic carbocycles. The van der Waals surface area contributed by atoms with E-state index in [1.807, 2.05) is 25.1 Å². The van der Waals surface area contributed by atoms with Crippen molar-refractivity contribution >= 4 is 11.6 Å². The molecule has 2 aromatic rings. The third-order valence-corrected chi connectivity index (χ3v) is 4.79. The first-order chi connectivity index (χ1) is 13.6. The molecule has 7 heteroatoms. The molecule has 2 N–H and O–H groups in total. The monoisotopic (exact) mass is 388 g/mol. The minimum atomic E-state index is -0.569. The average Bonchev–Trinajstić information content (AvgIpc) is 2.69. The first-order valence-corrected chi connectivity index (χ1v) is 9.58. The Kier molecular flexibility index (Phi) is 6.68. The summed E-state index contributed by atoms with van der Waals surface area (Å²) >= 11 is 0. The molecular formula is C21H26F2N4O. The summed E-state index contributed by atoms with van der Waals surface area (Å²) in [5.41, 5.74) is 1.31. The molecule has 0 unspecified atom stereocenters. The van der Waals surface area contributed by atoms with Crippen LogP contribution in [0.15, 0.2) is 47.5 Å². The molecule has 0 aromatic heterocycles. The fraction of sp³-hybridized carbons (Fsp3) is 0.381. The van der Waals surface area contributed by atoms with Gasteiger partial charge in [0.2, 0.25) is 0 Å². The van der Waals surface area contributed by atoms with Crippen LogP contribution in [0.1, 0.15) is 12.5 Å². The molecule has 0 atom stereocenters. The van der Waals surface area contributed by atoms with Crippen LogP contribution < -0.4 is 10.2 Å². The Bertz CT molecular complexity index is 820. The number of hydrogen-bond acceptors (Lipinski definition) is 3. The topological polar surface area (TPSA) is 51.1 Å². The molecule has 0 spiro atoms. The molecular weight excluding hydrogens is 362 g/mol. The Morgan fingerprint density at radius 1 is 1.11 bits per heavy atom. The van der Waals surface area contributed by atoms with Gasteiger partial charge in [0.25, 0.3) is 0 Å². The molecule has 1 aliphatic rings. The molecule has 1 saturated heterocycles. The highest BCUT2D eigenvalue weighted by Crippen LogP contribution is 2.27. The van der Waals surface area contributed by atoms with Crippen molar-refractivity contribution in [1.29, 1.82) is 0 Å². The van der Waals surface area contributed by atoms with Crippen molar-refractivity contribution in [1.82, 2.24) is 10.2 Å². The predicted molar refractivity (Wildman–Crippen MR) is 108 cm³/mol. The molecule has 0 amide bonds. The molecule has 150 valence electrons. The smallest absolute Gasteiger partial charge is 0.194 e. The number of guanidine groups is 1. The van der Waals surface area contributed by atoms with Crippen molar-refractivity contribution in [2.45, 2.75) is 13.3 Å². The minimum absolute atomic E-state index is 0.290. The van der Waals surface area contributed by atoms with Gasteiger partial charge in [-0.15, -0.1) is 0 Å². The minimum Gasteiger partial charge on any atom is -0.506 e. The Balaban J connectivity index is 1.59. The standard InChI is InChI=1S/C21H26F2N4O/c1-2-24-21(25-10-9-16-7-8-17(22)15-18(16)23)27-13-11-26(12-14-27)19-5-3-4-6-20(19)28/h3-8,15,28H,2,9-14H2,1H3,(H,24,25). The molecule has 0 bridgehead atoms. The Hall–Kier alpha value is -2.83. The highest BCUT2D eigenvalue weighted by atomic mass is 19.1. The average molecular weight is 388 g/mol. The number of para-hydroxylation sites is 2. The third kappa shape index (κ3) is 4.91. The fourth-order valence-electron chi connectivity index (χ4n) is 3.32. The summed E-state index contributed by atoms with van der Waals surface area (Å²) < 4.78 is 26.8. The van der Waals surface area contributed by atoms with E-state index in [1.54, 1.807) is 6.07 Å². The van der Waals surface area contributed by atoms with Crippen LogP contribution in [-0.2, 0) is 6.42 Å². The predicted octanol–water partition coefficient (Wildman–Crippen LogP) is 3.00. The Morgan fingerprint density at radius 2 is 1.86 bits per heavy atom. The van der Waals surface area contributed by atoms with Crippen LogP contribution >= 0.6 is 0 Å². The lowest BCUT2D eigenvalue weighted by molar-refractivity contribution is 0.370. The lowest BCUT2D eigenvalue weighted by atomic mass is 10.1. The zero-order valence-corrected chi connectivity index (χ0v) is 16.0. The summed E-state index contributed by atoms with van der Waals surface area (Å²) in [5.74, 6) is -0.0169. The van der Waals surface area contributed by atoms with Gasteiger partial charge in [-0.25, -0.2) is 8.78 Å². The van der Waals surface area contributed by atoms with Crippen LogP contribution in [0.25, 0.3) is 0 Å². The number of rotatable bonds is 5. The number of aliphatic imine (C=N–C) groups is 1. The Morgan fingerprint density at radius 3 is 2.54 bits per heavy atom. The van der Waals surface area contributed by atoms with Gasteiger partial charge in [0.05, 0.1) is 5.69 Å². The maximum absolute atomic E-state index is 13.8. The normalized spacial score (nSPS) is 15.0. The van der Waals surface area contributed by atoms with Gasteiger partial charge in [0.15, 0.2) is 5.96 Å². The fourth-order valence-corrected chi connectivity index (χ4v) is 3.32. The summed E-state index contributed by atoms with van der Waals surface area (Å²) in [6, 6.07) is 11.0. The van der Waals surface area contributed by atoms with E-state index in [1.165, 1.54) is 12.1 Å². The van der Waals surface area contributed by atoms with Crippen LogP contribution in [-0.4, -0.2) is 55.2 Å². The number of benzene rings is 2. The number of aromatic hydroxyl groups is 1. The van der Waals surface area contributed by atoms with Crippen molar-refractivity contribution in [3.63, 3.8) is 0 Å². The van der Waals surface area contributed by atoms with E-state index in [9.17, 15) is 13.9 Å². The van der Waals surface area contributed by atoms with Gasteiger partial charge in [0, 0.05) is 45.3 Å². The summed E-state index contributed by atoms with van der Waals surface area (Å²) in [4.78, 5) is 8.94. The van der Waals surface area contributed by atoms with Crippen molar-refractivity contribution in [2.75, 3.05) is 44.2 Å². The van der Waals surface area contributed by atoms with Crippen molar-refractivity contribution in [3.8, 4) is 5.75 Å². The second-order valence-electron chi connectivity index (χ2n) is 6.68. The maximum atomic E-state index is 13.8. The van der Waals surface area contributed by atoms with Crippen molar-refractivity contribution < 1.29 is 13.9 Å². The number of nitrogens with one attached hydrogen (secondary N) is 1. The van der Waals surface area contributed by atoms with Crippen LogP contribution in [0, 0.1) is 11.6 Å². The van der Waals surface area contributed by atoms with Gasteiger partial charge in [-0.1, -0.05) is 18.2 Å². The quantitative estimate of drug-likeness (QED) is 0.611. The zero-order chi connectivity index (χ0) is 19.9. The highest BCUT2D eigenvalue weighted by molar-refractivity contribution is 5.80. The molecule has 1 heterocycles. The second-order valence-corrected chi connectivity index (χ2v) is 6.68. The highest BCUT2D eigenvalue weighted by Gasteiger charge is 2.21. The number of phenolic OH excluding ortho intramolecular Hbond substituents is 1. The molecule has 0 saturated carbocycles. The van der Waals surface area contributed by atoms with Crippen LogP contribution in [0.2, 0.25) is 0 Å². The van der Waals surface area contributed by atoms with E-state index in [0.29, 0.717) is 18.5 Å². The maximum Gasteiger partial charge on any atom is 0.194 e. The summed E-state index contributed by atoms with van der Waals surface area (Å²) in [6.07, 6.45) is 0.416. The molecule has 28 heavy (non-hydrogen) atoms. The lowest BCUT2D eigenvalue weighted by Gasteiger charge is -2.37. The largest absolute Gasteiger partial charge is 0.506 e. The number of anilines is 1.